The second-order valence-corrected chi connectivity index (χ2v) is 10.4. The van der Waals surface area contributed by atoms with Crippen molar-refractivity contribution < 1.29 is 15.0 Å². The number of phenols is 2. The molecule has 36 heavy (non-hydrogen) atoms. The van der Waals surface area contributed by atoms with Gasteiger partial charge in [0.15, 0.2) is 5.65 Å². The van der Waals surface area contributed by atoms with E-state index in [1.807, 2.05) is 30.3 Å². The van der Waals surface area contributed by atoms with Crippen molar-refractivity contribution in [1.82, 2.24) is 14.6 Å². The smallest absolute Gasteiger partial charge is 0.172 e. The number of fused-ring (bicyclic) bond motifs is 1. The highest BCUT2D eigenvalue weighted by Crippen LogP contribution is 2.33. The zero-order valence-corrected chi connectivity index (χ0v) is 21.5. The number of halogens is 1. The molecule has 2 aromatic carbocycles. The number of aromatic nitrogens is 3. The summed E-state index contributed by atoms with van der Waals surface area (Å²) in [4.78, 5) is 17.8. The van der Waals surface area contributed by atoms with Gasteiger partial charge in [0, 0.05) is 36.1 Å². The van der Waals surface area contributed by atoms with E-state index in [4.69, 9.17) is 4.98 Å². The van der Waals surface area contributed by atoms with Crippen LogP contribution in [0.5, 0.6) is 11.5 Å². The molecule has 186 valence electrons. The van der Waals surface area contributed by atoms with Gasteiger partial charge in [0.2, 0.25) is 0 Å². The van der Waals surface area contributed by atoms with Crippen LogP contribution in [0.25, 0.3) is 16.9 Å². The van der Waals surface area contributed by atoms with E-state index in [2.05, 4.69) is 26.3 Å². The molecule has 5 rings (SSSR count). The summed E-state index contributed by atoms with van der Waals surface area (Å²) >= 11 is 3.53. The van der Waals surface area contributed by atoms with Gasteiger partial charge in [0.1, 0.15) is 23.1 Å². The van der Waals surface area contributed by atoms with Crippen LogP contribution >= 0.6 is 15.9 Å². The molecule has 0 radical (unpaired) electrons. The fraction of sp³-hybridized carbons (Fsp3) is 0.321. The SMILES string of the molecule is O=C(Cc1ccccc1O)C1CCCCC(CNc2cc(-c3ccccc3O)nc3c(Br)cnn23)C1. The minimum atomic E-state index is -0.00737. The van der Waals surface area contributed by atoms with Crippen molar-refractivity contribution >= 4 is 33.2 Å². The summed E-state index contributed by atoms with van der Waals surface area (Å²) in [6, 6.07) is 16.1. The molecule has 4 aromatic rings. The zero-order valence-electron chi connectivity index (χ0n) is 19.9. The van der Waals surface area contributed by atoms with Crippen LogP contribution in [0.3, 0.4) is 0 Å². The Morgan fingerprint density at radius 3 is 2.61 bits per heavy atom. The van der Waals surface area contributed by atoms with E-state index in [0.717, 1.165) is 42.4 Å². The van der Waals surface area contributed by atoms with Gasteiger partial charge in [0.05, 0.1) is 16.4 Å². The van der Waals surface area contributed by atoms with Crippen molar-refractivity contribution in [2.24, 2.45) is 11.8 Å². The number of rotatable bonds is 7. The molecule has 7 nitrogen and oxygen atoms in total. The Kier molecular flexibility index (Phi) is 7.23. The number of nitrogens with one attached hydrogen (secondary N) is 1. The van der Waals surface area contributed by atoms with E-state index >= 15 is 0 Å². The van der Waals surface area contributed by atoms with Gasteiger partial charge in [-0.2, -0.15) is 9.61 Å². The summed E-state index contributed by atoms with van der Waals surface area (Å²) in [5, 5.41) is 28.5. The van der Waals surface area contributed by atoms with E-state index in [1.54, 1.807) is 35.0 Å². The number of benzene rings is 2. The molecule has 1 aliphatic rings. The van der Waals surface area contributed by atoms with Gasteiger partial charge < -0.3 is 15.5 Å². The number of aromatic hydroxyl groups is 2. The number of hydrogen-bond donors (Lipinski definition) is 3. The molecule has 3 N–H and O–H groups in total. The Morgan fingerprint density at radius 2 is 1.81 bits per heavy atom. The highest BCUT2D eigenvalue weighted by atomic mass is 79.9. The molecule has 0 aliphatic heterocycles. The first-order valence-corrected chi connectivity index (χ1v) is 13.1. The number of para-hydroxylation sites is 2. The predicted molar refractivity (Wildman–Crippen MR) is 143 cm³/mol. The summed E-state index contributed by atoms with van der Waals surface area (Å²) in [6.45, 7) is 0.706. The summed E-state index contributed by atoms with van der Waals surface area (Å²) in [5.74, 6) is 1.67. The quantitative estimate of drug-likeness (QED) is 0.245. The fourth-order valence-corrected chi connectivity index (χ4v) is 5.42. The van der Waals surface area contributed by atoms with Crippen molar-refractivity contribution in [1.29, 1.82) is 0 Å². The molecule has 8 heteroatoms. The maximum absolute atomic E-state index is 13.1. The average Bonchev–Trinajstić information content (AvgIpc) is 3.09. The Balaban J connectivity index is 1.33. The molecule has 0 amide bonds. The molecular weight excluding hydrogens is 520 g/mol. The lowest BCUT2D eigenvalue weighted by Gasteiger charge is -2.21. The molecular formula is C28H29BrN4O3. The lowest BCUT2D eigenvalue weighted by molar-refractivity contribution is -0.122. The molecule has 0 spiro atoms. The second kappa shape index (κ2) is 10.7. The third-order valence-electron chi connectivity index (χ3n) is 7.03. The van der Waals surface area contributed by atoms with Crippen LogP contribution in [0.1, 0.15) is 37.7 Å². The minimum absolute atomic E-state index is 0.00737. The number of hydrogen-bond acceptors (Lipinski definition) is 6. The van der Waals surface area contributed by atoms with Crippen molar-refractivity contribution in [2.45, 2.75) is 38.5 Å². The lowest BCUT2D eigenvalue weighted by Crippen LogP contribution is -2.23. The Hall–Kier alpha value is -3.39. The number of phenolic OH excluding ortho intramolecular Hbond substituents is 2. The maximum atomic E-state index is 13.1. The summed E-state index contributed by atoms with van der Waals surface area (Å²) < 4.78 is 2.53. The summed E-state index contributed by atoms with van der Waals surface area (Å²) in [6.07, 6.45) is 6.88. The molecule has 1 saturated carbocycles. The normalized spacial score (nSPS) is 18.1. The van der Waals surface area contributed by atoms with Gasteiger partial charge in [-0.25, -0.2) is 4.98 Å². The molecule has 1 aliphatic carbocycles. The van der Waals surface area contributed by atoms with E-state index < -0.39 is 0 Å². The molecule has 2 atom stereocenters. The lowest BCUT2D eigenvalue weighted by atomic mass is 9.87. The van der Waals surface area contributed by atoms with Gasteiger partial charge in [-0.05, 0) is 59.3 Å². The first kappa shape index (κ1) is 24.3. The first-order valence-electron chi connectivity index (χ1n) is 12.4. The number of carbonyl (C=O) groups excluding carboxylic acids is 1. The van der Waals surface area contributed by atoms with Crippen molar-refractivity contribution in [3.63, 3.8) is 0 Å². The Labute approximate surface area is 218 Å². The van der Waals surface area contributed by atoms with E-state index in [-0.39, 0.29) is 29.6 Å². The van der Waals surface area contributed by atoms with Crippen LogP contribution < -0.4 is 5.32 Å². The number of anilines is 1. The van der Waals surface area contributed by atoms with Crippen molar-refractivity contribution in [2.75, 3.05) is 11.9 Å². The Bertz CT molecular complexity index is 1390. The van der Waals surface area contributed by atoms with Gasteiger partial charge in [-0.3, -0.25) is 4.79 Å². The molecule has 0 bridgehead atoms. The van der Waals surface area contributed by atoms with E-state index in [1.165, 1.54) is 0 Å². The zero-order chi connectivity index (χ0) is 25.1. The van der Waals surface area contributed by atoms with E-state index in [0.29, 0.717) is 34.9 Å². The third kappa shape index (κ3) is 5.23. The van der Waals surface area contributed by atoms with Gasteiger partial charge in [-0.1, -0.05) is 43.2 Å². The maximum Gasteiger partial charge on any atom is 0.172 e. The highest BCUT2D eigenvalue weighted by molar-refractivity contribution is 9.10. The van der Waals surface area contributed by atoms with Crippen LogP contribution in [0.15, 0.2) is 65.3 Å². The monoisotopic (exact) mass is 548 g/mol. The number of Topliss-reactive ketones (excluding diaryl/α,β-unsaturated/α-hetero) is 1. The van der Waals surface area contributed by atoms with Crippen molar-refractivity contribution in [3.8, 4) is 22.8 Å². The third-order valence-corrected chi connectivity index (χ3v) is 7.58. The van der Waals surface area contributed by atoms with Gasteiger partial charge in [-0.15, -0.1) is 0 Å². The summed E-state index contributed by atoms with van der Waals surface area (Å²) in [5.41, 5.74) is 2.66. The van der Waals surface area contributed by atoms with Crippen LogP contribution in [0, 0.1) is 11.8 Å². The predicted octanol–water partition coefficient (Wildman–Crippen LogP) is 5.99. The van der Waals surface area contributed by atoms with Crippen LogP contribution in [0.4, 0.5) is 5.82 Å². The van der Waals surface area contributed by atoms with Crippen LogP contribution in [-0.4, -0.2) is 37.1 Å². The Morgan fingerprint density at radius 1 is 1.06 bits per heavy atom. The molecule has 2 heterocycles. The number of ketones is 1. The highest BCUT2D eigenvalue weighted by Gasteiger charge is 2.26. The van der Waals surface area contributed by atoms with Crippen LogP contribution in [0.2, 0.25) is 0 Å². The minimum Gasteiger partial charge on any atom is -0.508 e. The van der Waals surface area contributed by atoms with Crippen molar-refractivity contribution in [3.05, 3.63) is 70.8 Å². The van der Waals surface area contributed by atoms with Gasteiger partial charge >= 0.3 is 0 Å². The van der Waals surface area contributed by atoms with Crippen LogP contribution in [-0.2, 0) is 11.2 Å². The molecule has 1 fully saturated rings. The number of carbonyl (C=O) groups is 1. The first-order chi connectivity index (χ1) is 17.5. The van der Waals surface area contributed by atoms with E-state index in [9.17, 15) is 15.0 Å². The topological polar surface area (TPSA) is 99.8 Å². The molecule has 0 saturated heterocycles. The standard InChI is InChI=1S/C28H29BrN4O3/c29-22-17-31-33-27(15-23(32-28(22)33)21-10-4-6-12-25(21)35)30-16-18-7-1-2-8-19(13-18)26(36)14-20-9-3-5-11-24(20)34/h3-6,9-12,15,17-19,30,34-35H,1-2,7-8,13-14,16H2. The van der Waals surface area contributed by atoms with Gasteiger partial charge in [0.25, 0.3) is 0 Å². The molecule has 2 aromatic heterocycles. The summed E-state index contributed by atoms with van der Waals surface area (Å²) in [7, 11) is 0. The molecule has 2 unspecified atom stereocenters. The second-order valence-electron chi connectivity index (χ2n) is 9.51. The largest absolute Gasteiger partial charge is 0.508 e. The average molecular weight is 549 g/mol. The number of nitrogens with zero attached hydrogens (tertiary/aromatic N) is 3. The fourth-order valence-electron chi connectivity index (χ4n) is 5.07.